The average Bonchev–Trinajstić information content (AvgIpc) is 3.29. The number of rotatable bonds is 54. The zero-order valence-corrected chi connectivity index (χ0v) is 43.6. The first-order valence-corrected chi connectivity index (χ1v) is 29.0. The molecule has 6 heteroatoms. The van der Waals surface area contributed by atoms with Crippen molar-refractivity contribution in [2.24, 2.45) is 0 Å². The van der Waals surface area contributed by atoms with Gasteiger partial charge in [0.15, 0.2) is 6.10 Å². The van der Waals surface area contributed by atoms with Crippen LogP contribution in [0.5, 0.6) is 0 Å². The van der Waals surface area contributed by atoms with Crippen molar-refractivity contribution in [2.45, 2.75) is 341 Å². The van der Waals surface area contributed by atoms with Gasteiger partial charge in [-0.1, -0.05) is 297 Å². The minimum absolute atomic E-state index is 0.0637. The van der Waals surface area contributed by atoms with Crippen molar-refractivity contribution in [2.75, 3.05) is 13.2 Å². The molecule has 0 aliphatic rings. The number of ether oxygens (including phenoxy) is 3. The quantitative estimate of drug-likeness (QED) is 0.0344. The van der Waals surface area contributed by atoms with Crippen molar-refractivity contribution < 1.29 is 28.6 Å². The number of esters is 3. The van der Waals surface area contributed by atoms with Gasteiger partial charge in [-0.15, -0.1) is 0 Å². The molecule has 0 saturated carbocycles. The van der Waals surface area contributed by atoms with Gasteiger partial charge in [0.1, 0.15) is 13.2 Å². The summed E-state index contributed by atoms with van der Waals surface area (Å²) in [6.45, 7) is 6.58. The van der Waals surface area contributed by atoms with Crippen LogP contribution in [0.2, 0.25) is 0 Å². The lowest BCUT2D eigenvalue weighted by Crippen LogP contribution is -2.30. The third-order valence-electron chi connectivity index (χ3n) is 13.4. The first kappa shape index (κ1) is 62.4. The lowest BCUT2D eigenvalue weighted by atomic mass is 10.0. The van der Waals surface area contributed by atoms with Crippen LogP contribution in [-0.4, -0.2) is 37.2 Å². The Morgan fingerprint density at radius 2 is 0.422 bits per heavy atom. The molecule has 0 saturated heterocycles. The van der Waals surface area contributed by atoms with E-state index in [0.29, 0.717) is 19.3 Å². The van der Waals surface area contributed by atoms with Crippen LogP contribution in [-0.2, 0) is 28.6 Å². The summed E-state index contributed by atoms with van der Waals surface area (Å²) in [5, 5.41) is 0. The van der Waals surface area contributed by atoms with Crippen molar-refractivity contribution >= 4 is 17.9 Å². The van der Waals surface area contributed by atoms with E-state index in [1.54, 1.807) is 0 Å². The van der Waals surface area contributed by atoms with Crippen molar-refractivity contribution in [3.63, 3.8) is 0 Å². The molecule has 0 fully saturated rings. The van der Waals surface area contributed by atoms with Crippen molar-refractivity contribution in [3.05, 3.63) is 0 Å². The summed E-state index contributed by atoms with van der Waals surface area (Å²) in [5.41, 5.74) is 0. The van der Waals surface area contributed by atoms with E-state index in [4.69, 9.17) is 14.2 Å². The molecule has 0 aliphatic carbocycles. The molecular formula is C58H112O6. The Balaban J connectivity index is 3.76. The van der Waals surface area contributed by atoms with Crippen LogP contribution in [0.15, 0.2) is 0 Å². The van der Waals surface area contributed by atoms with Gasteiger partial charge in [-0.3, -0.25) is 14.4 Å². The smallest absolute Gasteiger partial charge is 0.306 e. The van der Waals surface area contributed by atoms with E-state index in [2.05, 4.69) is 20.8 Å². The zero-order chi connectivity index (χ0) is 46.5. The molecular weight excluding hydrogens is 793 g/mol. The molecule has 0 aromatic carbocycles. The maximum Gasteiger partial charge on any atom is 0.306 e. The van der Waals surface area contributed by atoms with Crippen LogP contribution in [0.3, 0.4) is 0 Å². The van der Waals surface area contributed by atoms with Gasteiger partial charge < -0.3 is 14.2 Å². The van der Waals surface area contributed by atoms with Crippen molar-refractivity contribution in [1.29, 1.82) is 0 Å². The molecule has 0 aromatic rings. The fourth-order valence-corrected chi connectivity index (χ4v) is 8.98. The molecule has 0 heterocycles. The summed E-state index contributed by atoms with van der Waals surface area (Å²) in [4.78, 5) is 37.5. The van der Waals surface area contributed by atoms with Gasteiger partial charge >= 0.3 is 17.9 Å². The van der Waals surface area contributed by atoms with Gasteiger partial charge in [0.05, 0.1) is 0 Å². The molecule has 1 unspecified atom stereocenters. The lowest BCUT2D eigenvalue weighted by Gasteiger charge is -2.18. The second-order valence-electron chi connectivity index (χ2n) is 19.9. The molecule has 0 spiro atoms. The highest BCUT2D eigenvalue weighted by Gasteiger charge is 2.19. The Bertz CT molecular complexity index is 951. The third-order valence-corrected chi connectivity index (χ3v) is 13.4. The largest absolute Gasteiger partial charge is 0.462 e. The van der Waals surface area contributed by atoms with Crippen LogP contribution in [0, 0.1) is 0 Å². The Morgan fingerprint density at radius 1 is 0.250 bits per heavy atom. The third kappa shape index (κ3) is 51.4. The summed E-state index contributed by atoms with van der Waals surface area (Å²) in [7, 11) is 0. The monoisotopic (exact) mass is 905 g/mol. The summed E-state index contributed by atoms with van der Waals surface area (Å²) in [6.07, 6.45) is 60.4. The molecule has 0 N–H and O–H groups in total. The van der Waals surface area contributed by atoms with E-state index in [1.165, 1.54) is 231 Å². The number of carbonyl (C=O) groups is 3. The molecule has 380 valence electrons. The van der Waals surface area contributed by atoms with Gasteiger partial charge in [0.25, 0.3) is 0 Å². The van der Waals surface area contributed by atoms with Gasteiger partial charge in [-0.05, 0) is 19.3 Å². The zero-order valence-electron chi connectivity index (χ0n) is 43.6. The van der Waals surface area contributed by atoms with Crippen LogP contribution in [0.25, 0.3) is 0 Å². The van der Waals surface area contributed by atoms with E-state index >= 15 is 0 Å². The molecule has 1 atom stereocenters. The molecule has 0 radical (unpaired) electrons. The van der Waals surface area contributed by atoms with E-state index in [1.807, 2.05) is 0 Å². The molecule has 0 amide bonds. The predicted octanol–water partition coefficient (Wildman–Crippen LogP) is 19.2. The first-order valence-electron chi connectivity index (χ1n) is 29.0. The van der Waals surface area contributed by atoms with Gasteiger partial charge in [0, 0.05) is 19.3 Å². The van der Waals surface area contributed by atoms with Gasteiger partial charge in [-0.2, -0.15) is 0 Å². The number of unbranched alkanes of at least 4 members (excludes halogenated alkanes) is 43. The second-order valence-corrected chi connectivity index (χ2v) is 19.9. The minimum Gasteiger partial charge on any atom is -0.462 e. The summed E-state index contributed by atoms with van der Waals surface area (Å²) in [6, 6.07) is 0. The SMILES string of the molecule is CCCCCCCCCCCCCCCCCCCCCCCCCCCCCCCCCCC(=O)OCC(COC(=O)CCCCCCC)OC(=O)CCCCCCCCCCC. The van der Waals surface area contributed by atoms with Gasteiger partial charge in [0.2, 0.25) is 0 Å². The Labute approximate surface area is 399 Å². The molecule has 6 nitrogen and oxygen atoms in total. The molecule has 0 rings (SSSR count). The minimum atomic E-state index is -0.757. The topological polar surface area (TPSA) is 78.9 Å². The molecule has 0 aromatic heterocycles. The van der Waals surface area contributed by atoms with E-state index in [-0.39, 0.29) is 31.1 Å². The average molecular weight is 906 g/mol. The summed E-state index contributed by atoms with van der Waals surface area (Å²) < 4.78 is 16.6. The first-order chi connectivity index (χ1) is 31.5. The van der Waals surface area contributed by atoms with Crippen LogP contribution >= 0.6 is 0 Å². The Kier molecular flexibility index (Phi) is 52.7. The predicted molar refractivity (Wildman–Crippen MR) is 275 cm³/mol. The van der Waals surface area contributed by atoms with Crippen LogP contribution < -0.4 is 0 Å². The molecule has 64 heavy (non-hydrogen) atoms. The van der Waals surface area contributed by atoms with E-state index in [0.717, 1.165) is 64.2 Å². The van der Waals surface area contributed by atoms with E-state index < -0.39 is 6.10 Å². The van der Waals surface area contributed by atoms with Crippen molar-refractivity contribution in [3.8, 4) is 0 Å². The Hall–Kier alpha value is -1.59. The van der Waals surface area contributed by atoms with Crippen LogP contribution in [0.1, 0.15) is 335 Å². The fraction of sp³-hybridized carbons (Fsp3) is 0.948. The second kappa shape index (κ2) is 54.0. The van der Waals surface area contributed by atoms with Crippen LogP contribution in [0.4, 0.5) is 0 Å². The normalized spacial score (nSPS) is 11.9. The summed E-state index contributed by atoms with van der Waals surface area (Å²) >= 11 is 0. The fourth-order valence-electron chi connectivity index (χ4n) is 8.98. The maximum absolute atomic E-state index is 12.6. The standard InChI is InChI=1S/C58H112O6/c1-4-7-10-13-15-17-18-19-20-21-22-23-24-25-26-27-28-29-30-31-32-33-34-35-36-37-38-39-41-42-45-48-51-57(60)63-54-55(53-62-56(59)50-47-44-12-9-6-3)64-58(61)52-49-46-43-40-16-14-11-8-5-2/h55H,4-54H2,1-3H3. The highest BCUT2D eigenvalue weighted by Crippen LogP contribution is 2.18. The lowest BCUT2D eigenvalue weighted by molar-refractivity contribution is -0.167. The summed E-state index contributed by atoms with van der Waals surface area (Å²) in [5.74, 6) is -0.863. The Morgan fingerprint density at radius 3 is 0.625 bits per heavy atom. The highest BCUT2D eigenvalue weighted by molar-refractivity contribution is 5.71. The van der Waals surface area contributed by atoms with Crippen molar-refractivity contribution in [1.82, 2.24) is 0 Å². The number of hydrogen-bond acceptors (Lipinski definition) is 6. The molecule has 0 aliphatic heterocycles. The number of hydrogen-bond donors (Lipinski definition) is 0. The van der Waals surface area contributed by atoms with Gasteiger partial charge in [-0.25, -0.2) is 0 Å². The molecule has 0 bridgehead atoms. The highest BCUT2D eigenvalue weighted by atomic mass is 16.6. The number of carbonyl (C=O) groups excluding carboxylic acids is 3. The van der Waals surface area contributed by atoms with E-state index in [9.17, 15) is 14.4 Å². The maximum atomic E-state index is 12.6.